The number of carboxylic acids is 1. The van der Waals surface area contributed by atoms with Crippen LogP contribution >= 0.6 is 0 Å². The van der Waals surface area contributed by atoms with Crippen molar-refractivity contribution >= 4 is 17.9 Å². The zero-order valence-corrected chi connectivity index (χ0v) is 14.1. The Labute approximate surface area is 141 Å². The van der Waals surface area contributed by atoms with E-state index in [9.17, 15) is 19.5 Å². The van der Waals surface area contributed by atoms with Crippen LogP contribution in [0.2, 0.25) is 0 Å². The lowest BCUT2D eigenvalue weighted by Gasteiger charge is -2.12. The summed E-state index contributed by atoms with van der Waals surface area (Å²) in [5.41, 5.74) is 0. The minimum atomic E-state index is -1.84. The third kappa shape index (κ3) is 12.8. The van der Waals surface area contributed by atoms with Crippen molar-refractivity contribution in [3.8, 4) is 0 Å². The van der Waals surface area contributed by atoms with Gasteiger partial charge >= 0.3 is 17.9 Å². The van der Waals surface area contributed by atoms with E-state index in [0.29, 0.717) is 0 Å². The normalized spacial score (nSPS) is 13.1. The van der Waals surface area contributed by atoms with Crippen molar-refractivity contribution in [1.29, 1.82) is 0 Å². The molecule has 0 aromatic carbocycles. The van der Waals surface area contributed by atoms with Crippen LogP contribution in [-0.2, 0) is 23.9 Å². The Balaban J connectivity index is 3.66. The molecule has 140 valence electrons. The monoisotopic (exact) mass is 348 g/mol. The lowest BCUT2D eigenvalue weighted by atomic mass is 10.1. The molecule has 0 rings (SSSR count). The molecule has 8 heteroatoms. The fourth-order valence-electron chi connectivity index (χ4n) is 1.85. The number of aliphatic carboxylic acids is 1. The van der Waals surface area contributed by atoms with Gasteiger partial charge in [-0.15, -0.1) is 0 Å². The summed E-state index contributed by atoms with van der Waals surface area (Å²) in [6.45, 7) is 1.40. The third-order valence-electron chi connectivity index (χ3n) is 3.25. The fraction of sp³-hybridized carbons (Fsp3) is 0.812. The summed E-state index contributed by atoms with van der Waals surface area (Å²) in [5, 5.41) is 26.9. The number of rotatable bonds is 14. The second-order valence-electron chi connectivity index (χ2n) is 5.60. The van der Waals surface area contributed by atoms with Gasteiger partial charge in [0.05, 0.1) is 6.42 Å². The Morgan fingerprint density at radius 3 is 2.00 bits per heavy atom. The van der Waals surface area contributed by atoms with Crippen molar-refractivity contribution in [1.82, 2.24) is 0 Å². The largest absolute Gasteiger partial charge is 0.479 e. The summed E-state index contributed by atoms with van der Waals surface area (Å²) in [6, 6.07) is 0. The number of aliphatic hydroxyl groups is 2. The molecule has 0 aromatic rings. The Morgan fingerprint density at radius 1 is 0.875 bits per heavy atom. The molecular formula is C16H28O8. The van der Waals surface area contributed by atoms with Crippen LogP contribution in [0, 0.1) is 0 Å². The van der Waals surface area contributed by atoms with Gasteiger partial charge in [-0.1, -0.05) is 39.0 Å². The Hall–Kier alpha value is -1.67. The van der Waals surface area contributed by atoms with Crippen LogP contribution in [0.4, 0.5) is 0 Å². The molecule has 0 saturated heterocycles. The maximum Gasteiger partial charge on any atom is 0.333 e. The number of esters is 2. The first-order valence-corrected chi connectivity index (χ1v) is 8.27. The van der Waals surface area contributed by atoms with Gasteiger partial charge < -0.3 is 24.8 Å². The van der Waals surface area contributed by atoms with E-state index in [-0.39, 0.29) is 13.0 Å². The topological polar surface area (TPSA) is 130 Å². The van der Waals surface area contributed by atoms with Gasteiger partial charge in [-0.2, -0.15) is 0 Å². The Morgan fingerprint density at radius 2 is 1.42 bits per heavy atom. The van der Waals surface area contributed by atoms with Crippen LogP contribution in [0.3, 0.4) is 0 Å². The fourth-order valence-corrected chi connectivity index (χ4v) is 1.85. The summed E-state index contributed by atoms with van der Waals surface area (Å²) >= 11 is 0. The third-order valence-corrected chi connectivity index (χ3v) is 3.25. The molecule has 24 heavy (non-hydrogen) atoms. The molecule has 0 aromatic heterocycles. The maximum atomic E-state index is 11.5. The summed E-state index contributed by atoms with van der Waals surface area (Å²) in [7, 11) is 0. The van der Waals surface area contributed by atoms with Crippen molar-refractivity contribution in [3.05, 3.63) is 0 Å². The minimum Gasteiger partial charge on any atom is -0.479 e. The van der Waals surface area contributed by atoms with Gasteiger partial charge in [0.1, 0.15) is 19.3 Å². The highest BCUT2D eigenvalue weighted by atomic mass is 16.6. The van der Waals surface area contributed by atoms with E-state index in [0.717, 1.165) is 25.7 Å². The molecule has 0 heterocycles. The highest BCUT2D eigenvalue weighted by molar-refractivity contribution is 5.80. The minimum absolute atomic E-state index is 0.281. The van der Waals surface area contributed by atoms with Crippen LogP contribution in [0.5, 0.6) is 0 Å². The molecular weight excluding hydrogens is 320 g/mol. The smallest absolute Gasteiger partial charge is 0.333 e. The van der Waals surface area contributed by atoms with Crippen molar-refractivity contribution < 1.29 is 39.2 Å². The molecule has 0 bridgehead atoms. The standard InChI is InChI=1S/C16H28O8/c1-2-3-4-5-6-7-8-14(19)23-10-12(17)11-24-15(20)9-13(18)16(21)22/h12-13,17-18H,2-11H2,1H3,(H,21,22)/t12?,13-/m1/s1. The van der Waals surface area contributed by atoms with Gasteiger partial charge in [-0.05, 0) is 6.42 Å². The first kappa shape index (κ1) is 22.3. The van der Waals surface area contributed by atoms with E-state index in [2.05, 4.69) is 11.7 Å². The molecule has 0 radical (unpaired) electrons. The number of ether oxygens (including phenoxy) is 2. The van der Waals surface area contributed by atoms with E-state index in [1.54, 1.807) is 0 Å². The van der Waals surface area contributed by atoms with Crippen molar-refractivity contribution in [3.63, 3.8) is 0 Å². The number of hydrogen-bond donors (Lipinski definition) is 3. The molecule has 1 unspecified atom stereocenters. The van der Waals surface area contributed by atoms with E-state index in [1.807, 2.05) is 0 Å². The molecule has 3 N–H and O–H groups in total. The molecule has 0 aliphatic carbocycles. The van der Waals surface area contributed by atoms with E-state index in [1.165, 1.54) is 12.8 Å². The van der Waals surface area contributed by atoms with Crippen LogP contribution in [0.25, 0.3) is 0 Å². The van der Waals surface area contributed by atoms with E-state index < -0.39 is 43.1 Å². The zero-order chi connectivity index (χ0) is 18.4. The van der Waals surface area contributed by atoms with Gasteiger partial charge in [0.2, 0.25) is 0 Å². The summed E-state index contributed by atoms with van der Waals surface area (Å²) in [5.74, 6) is -2.91. The molecule has 8 nitrogen and oxygen atoms in total. The van der Waals surface area contributed by atoms with Gasteiger partial charge in [0, 0.05) is 6.42 Å². The molecule has 0 aliphatic rings. The lowest BCUT2D eigenvalue weighted by molar-refractivity contribution is -0.159. The number of carboxylic acid groups (broad SMARTS) is 1. The van der Waals surface area contributed by atoms with Gasteiger partial charge in [0.15, 0.2) is 6.10 Å². The highest BCUT2D eigenvalue weighted by Crippen LogP contribution is 2.07. The number of hydrogen-bond acceptors (Lipinski definition) is 7. The second-order valence-corrected chi connectivity index (χ2v) is 5.60. The average molecular weight is 348 g/mol. The van der Waals surface area contributed by atoms with Crippen LogP contribution in [0.15, 0.2) is 0 Å². The SMILES string of the molecule is CCCCCCCCC(=O)OCC(O)COC(=O)C[C@@H](O)C(=O)O. The highest BCUT2D eigenvalue weighted by Gasteiger charge is 2.19. The zero-order valence-electron chi connectivity index (χ0n) is 14.1. The first-order chi connectivity index (χ1) is 11.4. The number of unbranched alkanes of at least 4 members (excludes halogenated alkanes) is 5. The van der Waals surface area contributed by atoms with E-state index in [4.69, 9.17) is 14.9 Å². The second kappa shape index (κ2) is 13.7. The van der Waals surface area contributed by atoms with Gasteiger partial charge in [-0.25, -0.2) is 4.79 Å². The number of carbonyl (C=O) groups is 3. The predicted molar refractivity (Wildman–Crippen MR) is 84.2 cm³/mol. The molecule has 0 saturated carbocycles. The van der Waals surface area contributed by atoms with Crippen molar-refractivity contribution in [2.24, 2.45) is 0 Å². The van der Waals surface area contributed by atoms with Gasteiger partial charge in [-0.3, -0.25) is 9.59 Å². The summed E-state index contributed by atoms with van der Waals surface area (Å²) in [4.78, 5) is 33.0. The van der Waals surface area contributed by atoms with Crippen molar-refractivity contribution in [2.75, 3.05) is 13.2 Å². The number of carbonyl (C=O) groups excluding carboxylic acids is 2. The molecule has 0 spiro atoms. The lowest BCUT2D eigenvalue weighted by Crippen LogP contribution is -2.28. The molecule has 0 amide bonds. The van der Waals surface area contributed by atoms with Crippen LogP contribution < -0.4 is 0 Å². The van der Waals surface area contributed by atoms with Crippen molar-refractivity contribution in [2.45, 2.75) is 70.5 Å². The van der Waals surface area contributed by atoms with Gasteiger partial charge in [0.25, 0.3) is 0 Å². The van der Waals surface area contributed by atoms with Crippen LogP contribution in [-0.4, -0.2) is 58.6 Å². The molecule has 0 aliphatic heterocycles. The molecule has 2 atom stereocenters. The summed E-state index contributed by atoms with van der Waals surface area (Å²) < 4.78 is 9.45. The van der Waals surface area contributed by atoms with E-state index >= 15 is 0 Å². The quantitative estimate of drug-likeness (QED) is 0.313. The predicted octanol–water partition coefficient (Wildman–Crippen LogP) is 1.02. The van der Waals surface area contributed by atoms with Crippen LogP contribution in [0.1, 0.15) is 58.3 Å². The maximum absolute atomic E-state index is 11.5. The Kier molecular flexibility index (Phi) is 12.8. The average Bonchev–Trinajstić information content (AvgIpc) is 2.54. The summed E-state index contributed by atoms with van der Waals surface area (Å²) in [6.07, 6.45) is 2.84. The number of aliphatic hydroxyl groups excluding tert-OH is 2. The molecule has 0 fully saturated rings. The Bertz CT molecular complexity index is 382. The first-order valence-electron chi connectivity index (χ1n) is 8.27.